The van der Waals surface area contributed by atoms with E-state index in [1.165, 1.54) is 0 Å². The van der Waals surface area contributed by atoms with E-state index >= 15 is 0 Å². The molecule has 0 saturated carbocycles. The molecule has 4 aromatic carbocycles. The largest absolute Gasteiger partial charge is 0.287 e. The van der Waals surface area contributed by atoms with Crippen LogP contribution in [0.1, 0.15) is 0 Å². The lowest BCUT2D eigenvalue weighted by molar-refractivity contribution is 0.594. The zero-order valence-electron chi connectivity index (χ0n) is 18.8. The van der Waals surface area contributed by atoms with Gasteiger partial charge in [-0.05, 0) is 24.3 Å². The van der Waals surface area contributed by atoms with Crippen molar-refractivity contribution in [3.05, 3.63) is 103 Å². The van der Waals surface area contributed by atoms with Crippen LogP contribution in [0.25, 0.3) is 51.1 Å². The Kier molecular flexibility index (Phi) is 4.40. The molecule has 1 aliphatic rings. The molecule has 172 valence electrons. The van der Waals surface area contributed by atoms with E-state index in [0.29, 0.717) is 40.0 Å². The summed E-state index contributed by atoms with van der Waals surface area (Å²) in [4.78, 5) is 19.7. The van der Waals surface area contributed by atoms with Gasteiger partial charge in [-0.15, -0.1) is 0 Å². The minimum Gasteiger partial charge on any atom is -0.287 e. The Morgan fingerprint density at radius 3 is 1.75 bits per heavy atom. The summed E-state index contributed by atoms with van der Waals surface area (Å²) in [6, 6.07) is 31.5. The van der Waals surface area contributed by atoms with Crippen LogP contribution >= 0.6 is 0 Å². The predicted molar refractivity (Wildman–Crippen MR) is 136 cm³/mol. The maximum absolute atomic E-state index is 13.4. The summed E-state index contributed by atoms with van der Waals surface area (Å²) >= 11 is 0. The first-order valence-corrected chi connectivity index (χ1v) is 12.8. The Balaban J connectivity index is 1.58. The van der Waals surface area contributed by atoms with Crippen LogP contribution in [0.3, 0.4) is 0 Å². The lowest BCUT2D eigenvalue weighted by Gasteiger charge is -2.20. The molecule has 0 spiro atoms. The molecule has 3 heterocycles. The van der Waals surface area contributed by atoms with Gasteiger partial charge < -0.3 is 0 Å². The van der Waals surface area contributed by atoms with Gasteiger partial charge in [0.25, 0.3) is 0 Å². The highest BCUT2D eigenvalue weighted by molar-refractivity contribution is 7.92. The highest BCUT2D eigenvalue weighted by Crippen LogP contribution is 2.41. The highest BCUT2D eigenvalue weighted by Gasteiger charge is 2.34. The van der Waals surface area contributed by atoms with Crippen LogP contribution in [0.15, 0.2) is 113 Å². The Labute approximate surface area is 206 Å². The van der Waals surface area contributed by atoms with Crippen molar-refractivity contribution in [1.82, 2.24) is 24.5 Å². The van der Waals surface area contributed by atoms with E-state index in [1.807, 2.05) is 71.3 Å². The first-order valence-electron chi connectivity index (χ1n) is 11.3. The number of aromatic nitrogens is 5. The molecule has 7 nitrogen and oxygen atoms in total. The Hall–Kier alpha value is -4.69. The summed E-state index contributed by atoms with van der Waals surface area (Å²) in [5.41, 5.74) is 3.29. The molecule has 0 bridgehead atoms. The molecular weight excluding hydrogens is 470 g/mol. The SMILES string of the molecule is O=S1(=O)c2ccccc2-n2c(-c3nc(-c4ccccc4)nc(-c4ccccc4)n3)nc3cccc1c32. The molecule has 0 fully saturated rings. The van der Waals surface area contributed by atoms with E-state index < -0.39 is 9.84 Å². The van der Waals surface area contributed by atoms with Crippen LogP contribution in [0.4, 0.5) is 0 Å². The number of hydrogen-bond donors (Lipinski definition) is 0. The van der Waals surface area contributed by atoms with E-state index in [0.717, 1.165) is 11.1 Å². The van der Waals surface area contributed by atoms with Gasteiger partial charge in [0, 0.05) is 11.1 Å². The van der Waals surface area contributed by atoms with Crippen LogP contribution in [-0.2, 0) is 9.84 Å². The Morgan fingerprint density at radius 1 is 0.528 bits per heavy atom. The van der Waals surface area contributed by atoms with Gasteiger partial charge >= 0.3 is 0 Å². The van der Waals surface area contributed by atoms with Gasteiger partial charge in [-0.25, -0.2) is 28.4 Å². The molecule has 0 saturated heterocycles. The minimum atomic E-state index is -3.69. The van der Waals surface area contributed by atoms with E-state index in [1.54, 1.807) is 36.4 Å². The van der Waals surface area contributed by atoms with Crippen molar-refractivity contribution < 1.29 is 8.42 Å². The van der Waals surface area contributed by atoms with Gasteiger partial charge in [0.05, 0.1) is 26.5 Å². The molecule has 36 heavy (non-hydrogen) atoms. The fourth-order valence-corrected chi connectivity index (χ4v) is 6.23. The molecular formula is C28H17N5O2S. The second-order valence-corrected chi connectivity index (χ2v) is 10.3. The summed E-state index contributed by atoms with van der Waals surface area (Å²) in [7, 11) is -3.69. The highest BCUT2D eigenvalue weighted by atomic mass is 32.2. The van der Waals surface area contributed by atoms with Gasteiger partial charge in [-0.2, -0.15) is 0 Å². The number of fused-ring (bicyclic) bond motifs is 2. The topological polar surface area (TPSA) is 90.6 Å². The second-order valence-electron chi connectivity index (χ2n) is 8.40. The van der Waals surface area contributed by atoms with E-state index in [2.05, 4.69) is 0 Å². The molecule has 7 rings (SSSR count). The summed E-state index contributed by atoms with van der Waals surface area (Å²) in [6.07, 6.45) is 0. The predicted octanol–water partition coefficient (Wildman–Crippen LogP) is 5.36. The monoisotopic (exact) mass is 487 g/mol. The Morgan fingerprint density at radius 2 is 1.08 bits per heavy atom. The van der Waals surface area contributed by atoms with Crippen molar-refractivity contribution in [2.45, 2.75) is 9.79 Å². The van der Waals surface area contributed by atoms with Gasteiger partial charge in [0.2, 0.25) is 9.84 Å². The van der Waals surface area contributed by atoms with Crippen molar-refractivity contribution >= 4 is 20.9 Å². The third kappa shape index (κ3) is 3.01. The summed E-state index contributed by atoms with van der Waals surface area (Å²) in [5, 5.41) is 0. The normalized spacial score (nSPS) is 13.4. The number of imidazole rings is 1. The molecule has 0 radical (unpaired) electrons. The van der Waals surface area contributed by atoms with Gasteiger partial charge in [-0.1, -0.05) is 78.9 Å². The molecule has 0 aliphatic carbocycles. The van der Waals surface area contributed by atoms with Crippen LogP contribution in [0, 0.1) is 0 Å². The fraction of sp³-hybridized carbons (Fsp3) is 0. The zero-order valence-corrected chi connectivity index (χ0v) is 19.6. The lowest BCUT2D eigenvalue weighted by Crippen LogP contribution is -2.15. The first-order chi connectivity index (χ1) is 17.6. The smallest absolute Gasteiger partial charge is 0.210 e. The molecule has 0 N–H and O–H groups in total. The zero-order chi connectivity index (χ0) is 24.3. The molecule has 0 unspecified atom stereocenters. The van der Waals surface area contributed by atoms with E-state index in [-0.39, 0.29) is 9.79 Å². The average Bonchev–Trinajstić information content (AvgIpc) is 3.33. The quantitative estimate of drug-likeness (QED) is 0.333. The van der Waals surface area contributed by atoms with Crippen LogP contribution in [0.5, 0.6) is 0 Å². The van der Waals surface area contributed by atoms with Crippen LogP contribution in [-0.4, -0.2) is 32.9 Å². The average molecular weight is 488 g/mol. The molecule has 2 aromatic heterocycles. The number of benzene rings is 4. The number of para-hydroxylation sites is 2. The molecule has 0 atom stereocenters. The number of rotatable bonds is 3. The lowest BCUT2D eigenvalue weighted by atomic mass is 10.2. The van der Waals surface area contributed by atoms with E-state index in [9.17, 15) is 8.42 Å². The maximum Gasteiger partial charge on any atom is 0.210 e. The van der Waals surface area contributed by atoms with Crippen molar-refractivity contribution in [2.24, 2.45) is 0 Å². The van der Waals surface area contributed by atoms with Crippen molar-refractivity contribution in [3.8, 4) is 40.1 Å². The van der Waals surface area contributed by atoms with Gasteiger partial charge in [-0.3, -0.25) is 4.57 Å². The molecule has 1 aliphatic heterocycles. The fourth-order valence-electron chi connectivity index (χ4n) is 4.59. The molecule has 6 aromatic rings. The second kappa shape index (κ2) is 7.66. The number of hydrogen-bond acceptors (Lipinski definition) is 6. The third-order valence-corrected chi connectivity index (χ3v) is 8.06. The number of nitrogens with zero attached hydrogens (tertiary/aromatic N) is 5. The summed E-state index contributed by atoms with van der Waals surface area (Å²) in [6.45, 7) is 0. The van der Waals surface area contributed by atoms with Crippen molar-refractivity contribution in [1.29, 1.82) is 0 Å². The van der Waals surface area contributed by atoms with E-state index in [4.69, 9.17) is 19.9 Å². The number of sulfone groups is 1. The van der Waals surface area contributed by atoms with Crippen LogP contribution < -0.4 is 0 Å². The first kappa shape index (κ1) is 20.7. The summed E-state index contributed by atoms with van der Waals surface area (Å²) in [5.74, 6) is 1.84. The minimum absolute atomic E-state index is 0.220. The third-order valence-electron chi connectivity index (χ3n) is 6.22. The van der Waals surface area contributed by atoms with Gasteiger partial charge in [0.15, 0.2) is 23.3 Å². The standard InChI is InChI=1S/C28H17N5O2S/c34-36(35)22-16-8-7-15-21(22)33-24-20(14-9-17-23(24)36)29-28(33)27-31-25(18-10-3-1-4-11-18)30-26(32-27)19-12-5-2-6-13-19/h1-17H. The van der Waals surface area contributed by atoms with Gasteiger partial charge in [0.1, 0.15) is 0 Å². The Bertz CT molecular complexity index is 1840. The molecule has 8 heteroatoms. The summed E-state index contributed by atoms with van der Waals surface area (Å²) < 4.78 is 28.7. The van der Waals surface area contributed by atoms with Crippen LogP contribution in [0.2, 0.25) is 0 Å². The van der Waals surface area contributed by atoms with Crippen molar-refractivity contribution in [2.75, 3.05) is 0 Å². The maximum atomic E-state index is 13.4. The van der Waals surface area contributed by atoms with Crippen molar-refractivity contribution in [3.63, 3.8) is 0 Å². The molecule has 0 amide bonds.